The zero-order valence-electron chi connectivity index (χ0n) is 13.2. The third-order valence-corrected chi connectivity index (χ3v) is 4.51. The largest absolute Gasteiger partial charge is 0.379 e. The molecular weight excluding hydrogens is 238 g/mol. The van der Waals surface area contributed by atoms with Crippen molar-refractivity contribution in [1.29, 1.82) is 0 Å². The maximum Gasteiger partial charge on any atom is 0.0594 e. The molecule has 2 aliphatic heterocycles. The second-order valence-electron chi connectivity index (χ2n) is 6.96. The number of rotatable bonds is 3. The monoisotopic (exact) mass is 269 g/mol. The van der Waals surface area contributed by atoms with Crippen LogP contribution in [0, 0.1) is 0 Å². The number of hydrogen-bond donors (Lipinski definition) is 0. The van der Waals surface area contributed by atoms with Gasteiger partial charge >= 0.3 is 0 Å². The Labute approximate surface area is 118 Å². The third-order valence-electron chi connectivity index (χ3n) is 4.51. The van der Waals surface area contributed by atoms with E-state index in [0.29, 0.717) is 11.6 Å². The first-order valence-electron chi connectivity index (χ1n) is 7.76. The predicted octanol–water partition coefficient (Wildman–Crippen LogP) is 1.12. The van der Waals surface area contributed by atoms with Gasteiger partial charge in [-0.3, -0.25) is 14.7 Å². The van der Waals surface area contributed by atoms with Crippen molar-refractivity contribution in [2.45, 2.75) is 39.3 Å². The Morgan fingerprint density at radius 1 is 0.947 bits per heavy atom. The zero-order valence-corrected chi connectivity index (χ0v) is 13.2. The quantitative estimate of drug-likeness (QED) is 0.764. The van der Waals surface area contributed by atoms with Crippen molar-refractivity contribution in [3.8, 4) is 0 Å². The van der Waals surface area contributed by atoms with Crippen molar-refractivity contribution in [3.05, 3.63) is 0 Å². The first-order valence-corrected chi connectivity index (χ1v) is 7.76. The van der Waals surface area contributed by atoms with Gasteiger partial charge in [-0.15, -0.1) is 0 Å². The van der Waals surface area contributed by atoms with Gasteiger partial charge in [0.05, 0.1) is 13.2 Å². The second-order valence-corrected chi connectivity index (χ2v) is 6.96. The van der Waals surface area contributed by atoms with Crippen molar-refractivity contribution < 1.29 is 4.74 Å². The van der Waals surface area contributed by atoms with Crippen molar-refractivity contribution in [2.24, 2.45) is 0 Å². The van der Waals surface area contributed by atoms with Gasteiger partial charge in [0.25, 0.3) is 0 Å². The molecule has 0 aromatic rings. The minimum Gasteiger partial charge on any atom is -0.379 e. The van der Waals surface area contributed by atoms with Crippen LogP contribution in [0.4, 0.5) is 0 Å². The van der Waals surface area contributed by atoms with Gasteiger partial charge in [0.1, 0.15) is 0 Å². The van der Waals surface area contributed by atoms with E-state index in [1.807, 2.05) is 0 Å². The van der Waals surface area contributed by atoms with E-state index in [0.717, 1.165) is 26.3 Å². The molecule has 0 amide bonds. The predicted molar refractivity (Wildman–Crippen MR) is 79.6 cm³/mol. The maximum absolute atomic E-state index is 5.43. The number of nitrogens with zero attached hydrogens (tertiary/aromatic N) is 3. The standard InChI is InChI=1S/C15H31N3O/c1-14(17-9-11-19-12-10-17)13-16-5-7-18(8-6-16)15(2,3)4/h14H,5-13H2,1-4H3. The van der Waals surface area contributed by atoms with E-state index in [1.165, 1.54) is 32.7 Å². The van der Waals surface area contributed by atoms with E-state index >= 15 is 0 Å². The van der Waals surface area contributed by atoms with Gasteiger partial charge in [0, 0.05) is 57.4 Å². The summed E-state index contributed by atoms with van der Waals surface area (Å²) in [5.74, 6) is 0. The molecule has 2 fully saturated rings. The lowest BCUT2D eigenvalue weighted by molar-refractivity contribution is 0.00285. The Morgan fingerprint density at radius 3 is 2.05 bits per heavy atom. The topological polar surface area (TPSA) is 19.0 Å². The average Bonchev–Trinajstić information content (AvgIpc) is 2.39. The fourth-order valence-corrected chi connectivity index (χ4v) is 3.11. The minimum atomic E-state index is 0.321. The molecule has 2 aliphatic rings. The highest BCUT2D eigenvalue weighted by molar-refractivity contribution is 4.83. The van der Waals surface area contributed by atoms with Crippen LogP contribution < -0.4 is 0 Å². The molecule has 1 atom stereocenters. The Kier molecular flexibility index (Phi) is 5.23. The van der Waals surface area contributed by atoms with Crippen molar-refractivity contribution in [1.82, 2.24) is 14.7 Å². The molecule has 0 radical (unpaired) electrons. The van der Waals surface area contributed by atoms with Crippen LogP contribution in [0.25, 0.3) is 0 Å². The van der Waals surface area contributed by atoms with E-state index in [9.17, 15) is 0 Å². The normalized spacial score (nSPS) is 26.5. The zero-order chi connectivity index (χ0) is 13.9. The van der Waals surface area contributed by atoms with Crippen LogP contribution in [0.3, 0.4) is 0 Å². The molecule has 2 saturated heterocycles. The third kappa shape index (κ3) is 4.42. The molecule has 4 nitrogen and oxygen atoms in total. The first kappa shape index (κ1) is 15.2. The highest BCUT2D eigenvalue weighted by atomic mass is 16.5. The molecule has 0 N–H and O–H groups in total. The lowest BCUT2D eigenvalue weighted by atomic mass is 10.0. The fourth-order valence-electron chi connectivity index (χ4n) is 3.11. The lowest BCUT2D eigenvalue weighted by Gasteiger charge is -2.44. The van der Waals surface area contributed by atoms with E-state index in [1.54, 1.807) is 0 Å². The Balaban J connectivity index is 1.73. The van der Waals surface area contributed by atoms with Crippen molar-refractivity contribution >= 4 is 0 Å². The number of piperazine rings is 1. The molecule has 0 saturated carbocycles. The summed E-state index contributed by atoms with van der Waals surface area (Å²) in [5, 5.41) is 0. The van der Waals surface area contributed by atoms with Gasteiger partial charge in [0.2, 0.25) is 0 Å². The second kappa shape index (κ2) is 6.53. The summed E-state index contributed by atoms with van der Waals surface area (Å²) >= 11 is 0. The Bertz CT molecular complexity index is 263. The van der Waals surface area contributed by atoms with E-state index in [4.69, 9.17) is 4.74 Å². The van der Waals surface area contributed by atoms with Gasteiger partial charge in [0.15, 0.2) is 0 Å². The highest BCUT2D eigenvalue weighted by Gasteiger charge is 2.27. The molecular formula is C15H31N3O. The van der Waals surface area contributed by atoms with Crippen LogP contribution in [-0.2, 0) is 4.74 Å². The molecule has 0 aromatic heterocycles. The Morgan fingerprint density at radius 2 is 1.53 bits per heavy atom. The molecule has 19 heavy (non-hydrogen) atoms. The van der Waals surface area contributed by atoms with E-state index < -0.39 is 0 Å². The number of morpholine rings is 1. The van der Waals surface area contributed by atoms with Crippen molar-refractivity contribution in [2.75, 3.05) is 59.0 Å². The van der Waals surface area contributed by atoms with Crippen LogP contribution in [0.1, 0.15) is 27.7 Å². The van der Waals surface area contributed by atoms with Crippen LogP contribution >= 0.6 is 0 Å². The molecule has 0 aliphatic carbocycles. The molecule has 0 bridgehead atoms. The van der Waals surface area contributed by atoms with Crippen LogP contribution in [0.5, 0.6) is 0 Å². The summed E-state index contributed by atoms with van der Waals surface area (Å²) in [6.07, 6.45) is 0. The minimum absolute atomic E-state index is 0.321. The summed E-state index contributed by atoms with van der Waals surface area (Å²) in [5.41, 5.74) is 0.321. The molecule has 0 spiro atoms. The first-order chi connectivity index (χ1) is 8.97. The van der Waals surface area contributed by atoms with Gasteiger partial charge in [-0.25, -0.2) is 0 Å². The van der Waals surface area contributed by atoms with Gasteiger partial charge in [-0.1, -0.05) is 0 Å². The van der Waals surface area contributed by atoms with Gasteiger partial charge in [-0.05, 0) is 27.7 Å². The molecule has 2 rings (SSSR count). The summed E-state index contributed by atoms with van der Waals surface area (Å²) < 4.78 is 5.43. The average molecular weight is 269 g/mol. The number of hydrogen-bond acceptors (Lipinski definition) is 4. The maximum atomic E-state index is 5.43. The Hall–Kier alpha value is -0.160. The van der Waals surface area contributed by atoms with Crippen molar-refractivity contribution in [3.63, 3.8) is 0 Å². The molecule has 4 heteroatoms. The summed E-state index contributed by atoms with van der Waals surface area (Å²) in [7, 11) is 0. The molecule has 2 heterocycles. The van der Waals surface area contributed by atoms with Crippen LogP contribution in [-0.4, -0.2) is 85.3 Å². The highest BCUT2D eigenvalue weighted by Crippen LogP contribution is 2.16. The van der Waals surface area contributed by atoms with Gasteiger partial charge < -0.3 is 4.74 Å². The summed E-state index contributed by atoms with van der Waals surface area (Å²) in [6, 6.07) is 0.657. The molecule has 0 aromatic carbocycles. The lowest BCUT2D eigenvalue weighted by Crippen LogP contribution is -2.56. The molecule has 1 unspecified atom stereocenters. The van der Waals surface area contributed by atoms with Gasteiger partial charge in [-0.2, -0.15) is 0 Å². The summed E-state index contributed by atoms with van der Waals surface area (Å²) in [6.45, 7) is 19.4. The number of ether oxygens (including phenoxy) is 1. The van der Waals surface area contributed by atoms with E-state index in [-0.39, 0.29) is 0 Å². The fraction of sp³-hybridized carbons (Fsp3) is 1.00. The van der Waals surface area contributed by atoms with Crippen LogP contribution in [0.2, 0.25) is 0 Å². The smallest absolute Gasteiger partial charge is 0.0594 e. The van der Waals surface area contributed by atoms with Crippen LogP contribution in [0.15, 0.2) is 0 Å². The van der Waals surface area contributed by atoms with E-state index in [2.05, 4.69) is 42.4 Å². The molecule has 112 valence electrons. The summed E-state index contributed by atoms with van der Waals surface area (Å²) in [4.78, 5) is 7.80. The SMILES string of the molecule is CC(CN1CCN(C(C)(C)C)CC1)N1CCOCC1.